The van der Waals surface area contributed by atoms with Crippen LogP contribution in [0.2, 0.25) is 0 Å². The van der Waals surface area contributed by atoms with Crippen molar-refractivity contribution in [2.24, 2.45) is 23.5 Å². The van der Waals surface area contributed by atoms with Gasteiger partial charge in [-0.3, -0.25) is 4.79 Å². The standard InChI is InChI=1S/C15H31NO/c1-5-13(6-2)11-15(17)8-7-14(9-10-16)12(3)4/h12-14H,5-11,16H2,1-4H3. The van der Waals surface area contributed by atoms with Gasteiger partial charge in [-0.2, -0.15) is 0 Å². The predicted molar refractivity (Wildman–Crippen MR) is 74.9 cm³/mol. The summed E-state index contributed by atoms with van der Waals surface area (Å²) in [6, 6.07) is 0. The zero-order chi connectivity index (χ0) is 13.3. The van der Waals surface area contributed by atoms with Gasteiger partial charge >= 0.3 is 0 Å². The molecule has 0 saturated heterocycles. The van der Waals surface area contributed by atoms with Crippen LogP contribution in [0.4, 0.5) is 0 Å². The normalized spacial score (nSPS) is 13.4. The Morgan fingerprint density at radius 2 is 1.71 bits per heavy atom. The fourth-order valence-corrected chi connectivity index (χ4v) is 2.37. The summed E-state index contributed by atoms with van der Waals surface area (Å²) in [4.78, 5) is 11.9. The predicted octanol–water partition coefficient (Wildman–Crippen LogP) is 3.78. The van der Waals surface area contributed by atoms with Gasteiger partial charge in [0.2, 0.25) is 0 Å². The summed E-state index contributed by atoms with van der Waals surface area (Å²) in [5.41, 5.74) is 5.61. The minimum atomic E-state index is 0.446. The van der Waals surface area contributed by atoms with E-state index in [0.717, 1.165) is 45.1 Å². The maximum Gasteiger partial charge on any atom is 0.133 e. The minimum Gasteiger partial charge on any atom is -0.330 e. The average molecular weight is 241 g/mol. The van der Waals surface area contributed by atoms with E-state index in [0.29, 0.717) is 23.5 Å². The maximum atomic E-state index is 11.9. The Bertz CT molecular complexity index is 197. The summed E-state index contributed by atoms with van der Waals surface area (Å²) in [5, 5.41) is 0. The van der Waals surface area contributed by atoms with Crippen molar-refractivity contribution in [2.45, 2.75) is 66.2 Å². The second kappa shape index (κ2) is 9.64. The smallest absolute Gasteiger partial charge is 0.133 e. The monoisotopic (exact) mass is 241 g/mol. The molecule has 0 radical (unpaired) electrons. The van der Waals surface area contributed by atoms with Crippen molar-refractivity contribution < 1.29 is 4.79 Å². The first-order valence-corrected chi connectivity index (χ1v) is 7.26. The highest BCUT2D eigenvalue weighted by Crippen LogP contribution is 2.22. The quantitative estimate of drug-likeness (QED) is 0.632. The number of ketones is 1. The lowest BCUT2D eigenvalue weighted by molar-refractivity contribution is -0.120. The van der Waals surface area contributed by atoms with E-state index in [1.165, 1.54) is 0 Å². The van der Waals surface area contributed by atoms with Crippen LogP contribution in [0.1, 0.15) is 66.2 Å². The van der Waals surface area contributed by atoms with Gasteiger partial charge in [0, 0.05) is 12.8 Å². The fourth-order valence-electron chi connectivity index (χ4n) is 2.37. The molecule has 0 aromatic rings. The van der Waals surface area contributed by atoms with E-state index in [4.69, 9.17) is 5.73 Å². The van der Waals surface area contributed by atoms with Crippen molar-refractivity contribution in [1.82, 2.24) is 0 Å². The molecule has 0 amide bonds. The molecule has 0 bridgehead atoms. The van der Waals surface area contributed by atoms with Crippen molar-refractivity contribution in [3.8, 4) is 0 Å². The molecular formula is C15H31NO. The fraction of sp³-hybridized carbons (Fsp3) is 0.933. The van der Waals surface area contributed by atoms with Crippen LogP contribution in [-0.4, -0.2) is 12.3 Å². The molecule has 0 spiro atoms. The molecule has 0 saturated carbocycles. The van der Waals surface area contributed by atoms with E-state index in [1.807, 2.05) is 0 Å². The Hall–Kier alpha value is -0.370. The van der Waals surface area contributed by atoms with Gasteiger partial charge in [0.05, 0.1) is 0 Å². The van der Waals surface area contributed by atoms with Crippen molar-refractivity contribution in [2.75, 3.05) is 6.54 Å². The van der Waals surface area contributed by atoms with E-state index >= 15 is 0 Å². The highest BCUT2D eigenvalue weighted by Gasteiger charge is 2.16. The second-order valence-corrected chi connectivity index (χ2v) is 5.55. The number of rotatable bonds is 10. The first-order chi connectivity index (χ1) is 8.04. The zero-order valence-corrected chi connectivity index (χ0v) is 12.2. The van der Waals surface area contributed by atoms with E-state index < -0.39 is 0 Å². The molecule has 0 heterocycles. The summed E-state index contributed by atoms with van der Waals surface area (Å²) in [5.74, 6) is 2.29. The summed E-state index contributed by atoms with van der Waals surface area (Å²) >= 11 is 0. The number of Topliss-reactive ketones (excluding diaryl/α,β-unsaturated/α-hetero) is 1. The summed E-state index contributed by atoms with van der Waals surface area (Å²) in [6.45, 7) is 9.54. The number of carbonyl (C=O) groups excluding carboxylic acids is 1. The molecule has 2 heteroatoms. The lowest BCUT2D eigenvalue weighted by atomic mass is 9.86. The van der Waals surface area contributed by atoms with Gasteiger partial charge in [0.15, 0.2) is 0 Å². The molecule has 17 heavy (non-hydrogen) atoms. The van der Waals surface area contributed by atoms with Gasteiger partial charge < -0.3 is 5.73 Å². The van der Waals surface area contributed by atoms with Crippen LogP contribution in [0.5, 0.6) is 0 Å². The lowest BCUT2D eigenvalue weighted by Gasteiger charge is -2.20. The van der Waals surface area contributed by atoms with Crippen LogP contribution in [-0.2, 0) is 4.79 Å². The Labute approximate surface area is 107 Å². The number of hydrogen-bond acceptors (Lipinski definition) is 2. The van der Waals surface area contributed by atoms with Crippen LogP contribution in [0.25, 0.3) is 0 Å². The van der Waals surface area contributed by atoms with E-state index in [-0.39, 0.29) is 0 Å². The first-order valence-electron chi connectivity index (χ1n) is 7.26. The van der Waals surface area contributed by atoms with Crippen LogP contribution in [0, 0.1) is 17.8 Å². The van der Waals surface area contributed by atoms with Gasteiger partial charge in [-0.15, -0.1) is 0 Å². The Balaban J connectivity index is 3.95. The molecule has 0 aromatic heterocycles. The van der Waals surface area contributed by atoms with Gasteiger partial charge in [0.25, 0.3) is 0 Å². The second-order valence-electron chi connectivity index (χ2n) is 5.55. The SMILES string of the molecule is CCC(CC)CC(=O)CCC(CCN)C(C)C. The van der Waals surface area contributed by atoms with Crippen molar-refractivity contribution in [3.63, 3.8) is 0 Å². The van der Waals surface area contributed by atoms with E-state index in [9.17, 15) is 4.79 Å². The maximum absolute atomic E-state index is 11.9. The summed E-state index contributed by atoms with van der Waals surface area (Å²) < 4.78 is 0. The minimum absolute atomic E-state index is 0.446. The first kappa shape index (κ1) is 16.6. The largest absolute Gasteiger partial charge is 0.330 e. The summed E-state index contributed by atoms with van der Waals surface area (Å²) in [6.07, 6.45) is 5.85. The zero-order valence-electron chi connectivity index (χ0n) is 12.2. The van der Waals surface area contributed by atoms with Gasteiger partial charge in [-0.1, -0.05) is 40.5 Å². The molecule has 102 valence electrons. The highest BCUT2D eigenvalue weighted by atomic mass is 16.1. The average Bonchev–Trinajstić information content (AvgIpc) is 2.30. The van der Waals surface area contributed by atoms with E-state index in [1.54, 1.807) is 0 Å². The Kier molecular flexibility index (Phi) is 9.43. The number of hydrogen-bond donors (Lipinski definition) is 1. The third-order valence-corrected chi connectivity index (χ3v) is 3.95. The number of carbonyl (C=O) groups is 1. The van der Waals surface area contributed by atoms with E-state index in [2.05, 4.69) is 27.7 Å². The molecule has 0 aliphatic carbocycles. The summed E-state index contributed by atoms with van der Waals surface area (Å²) in [7, 11) is 0. The molecule has 0 fully saturated rings. The molecule has 0 aliphatic rings. The molecular weight excluding hydrogens is 210 g/mol. The molecule has 1 unspecified atom stereocenters. The van der Waals surface area contributed by atoms with Crippen LogP contribution in [0.3, 0.4) is 0 Å². The third kappa shape index (κ3) is 7.54. The molecule has 1 atom stereocenters. The Morgan fingerprint density at radius 1 is 1.12 bits per heavy atom. The highest BCUT2D eigenvalue weighted by molar-refractivity contribution is 5.78. The molecule has 0 rings (SSSR count). The van der Waals surface area contributed by atoms with Crippen LogP contribution in [0.15, 0.2) is 0 Å². The van der Waals surface area contributed by atoms with Crippen molar-refractivity contribution >= 4 is 5.78 Å². The number of nitrogens with two attached hydrogens (primary N) is 1. The molecule has 2 N–H and O–H groups in total. The Morgan fingerprint density at radius 3 is 2.12 bits per heavy atom. The molecule has 2 nitrogen and oxygen atoms in total. The third-order valence-electron chi connectivity index (χ3n) is 3.95. The lowest BCUT2D eigenvalue weighted by Crippen LogP contribution is -2.16. The van der Waals surface area contributed by atoms with Gasteiger partial charge in [-0.05, 0) is 37.1 Å². The van der Waals surface area contributed by atoms with Crippen LogP contribution >= 0.6 is 0 Å². The van der Waals surface area contributed by atoms with Gasteiger partial charge in [0.1, 0.15) is 5.78 Å². The van der Waals surface area contributed by atoms with Gasteiger partial charge in [-0.25, -0.2) is 0 Å². The topological polar surface area (TPSA) is 43.1 Å². The molecule has 0 aromatic carbocycles. The van der Waals surface area contributed by atoms with Crippen LogP contribution < -0.4 is 5.73 Å². The van der Waals surface area contributed by atoms with Crippen molar-refractivity contribution in [3.05, 3.63) is 0 Å². The van der Waals surface area contributed by atoms with Crippen molar-refractivity contribution in [1.29, 1.82) is 0 Å². The molecule has 0 aliphatic heterocycles.